The van der Waals surface area contributed by atoms with Crippen LogP contribution in [0.2, 0.25) is 0 Å². The lowest BCUT2D eigenvalue weighted by Crippen LogP contribution is -2.25. The SMILES string of the molecule is NC(=O)c1ccc(S(=O)(=O)NCCCC2CCCC2)cc1. The molecule has 1 saturated carbocycles. The number of sulfonamides is 1. The molecule has 1 amide bonds. The smallest absolute Gasteiger partial charge is 0.248 e. The highest BCUT2D eigenvalue weighted by atomic mass is 32.2. The van der Waals surface area contributed by atoms with Crippen molar-refractivity contribution >= 4 is 15.9 Å². The second kappa shape index (κ2) is 7.04. The molecule has 21 heavy (non-hydrogen) atoms. The molecule has 0 spiro atoms. The Morgan fingerprint density at radius 1 is 1.19 bits per heavy atom. The number of rotatable bonds is 7. The van der Waals surface area contributed by atoms with Crippen molar-refractivity contribution < 1.29 is 13.2 Å². The number of hydrogen-bond donors (Lipinski definition) is 2. The zero-order valence-corrected chi connectivity index (χ0v) is 12.9. The van der Waals surface area contributed by atoms with Crippen molar-refractivity contribution in [2.75, 3.05) is 6.54 Å². The Hall–Kier alpha value is -1.40. The standard InChI is InChI=1S/C15H22N2O3S/c16-15(18)13-7-9-14(10-8-13)21(19,20)17-11-3-6-12-4-1-2-5-12/h7-10,12,17H,1-6,11H2,(H2,16,18). The highest BCUT2D eigenvalue weighted by Crippen LogP contribution is 2.28. The van der Waals surface area contributed by atoms with E-state index in [0.717, 1.165) is 18.8 Å². The molecule has 116 valence electrons. The molecule has 0 heterocycles. The van der Waals surface area contributed by atoms with Crippen molar-refractivity contribution in [2.24, 2.45) is 11.7 Å². The van der Waals surface area contributed by atoms with Gasteiger partial charge in [-0.25, -0.2) is 13.1 Å². The number of amides is 1. The predicted molar refractivity (Wildman–Crippen MR) is 81.3 cm³/mol. The first-order chi connectivity index (χ1) is 9.99. The zero-order chi connectivity index (χ0) is 15.3. The third-order valence-corrected chi connectivity index (χ3v) is 5.48. The summed E-state index contributed by atoms with van der Waals surface area (Å²) in [7, 11) is -3.50. The van der Waals surface area contributed by atoms with Crippen LogP contribution in [0.15, 0.2) is 29.2 Å². The van der Waals surface area contributed by atoms with E-state index in [0.29, 0.717) is 12.1 Å². The topological polar surface area (TPSA) is 89.3 Å². The van der Waals surface area contributed by atoms with Crippen molar-refractivity contribution in [1.29, 1.82) is 0 Å². The molecule has 0 aliphatic heterocycles. The number of nitrogens with one attached hydrogen (secondary N) is 1. The summed E-state index contributed by atoms with van der Waals surface area (Å²) in [5.74, 6) is 0.202. The number of carbonyl (C=O) groups excluding carboxylic acids is 1. The Balaban J connectivity index is 1.84. The highest BCUT2D eigenvalue weighted by Gasteiger charge is 2.16. The molecule has 6 heteroatoms. The number of nitrogens with two attached hydrogens (primary N) is 1. The van der Waals surface area contributed by atoms with E-state index in [1.807, 2.05) is 0 Å². The second-order valence-electron chi connectivity index (χ2n) is 5.58. The van der Waals surface area contributed by atoms with Crippen molar-refractivity contribution in [3.8, 4) is 0 Å². The maximum Gasteiger partial charge on any atom is 0.248 e. The van der Waals surface area contributed by atoms with Gasteiger partial charge in [-0.3, -0.25) is 4.79 Å². The van der Waals surface area contributed by atoms with E-state index in [4.69, 9.17) is 5.73 Å². The second-order valence-corrected chi connectivity index (χ2v) is 7.35. The first-order valence-electron chi connectivity index (χ1n) is 7.38. The maximum absolute atomic E-state index is 12.1. The van der Waals surface area contributed by atoms with Crippen molar-refractivity contribution in [3.63, 3.8) is 0 Å². The van der Waals surface area contributed by atoms with E-state index < -0.39 is 15.9 Å². The van der Waals surface area contributed by atoms with Gasteiger partial charge in [-0.15, -0.1) is 0 Å². The van der Waals surface area contributed by atoms with Gasteiger partial charge in [0.1, 0.15) is 0 Å². The van der Waals surface area contributed by atoms with E-state index in [1.165, 1.54) is 49.9 Å². The number of carbonyl (C=O) groups is 1. The Bertz CT molecular complexity index is 575. The molecule has 1 aromatic carbocycles. The Morgan fingerprint density at radius 3 is 2.38 bits per heavy atom. The summed E-state index contributed by atoms with van der Waals surface area (Å²) in [6.45, 7) is 0.455. The number of hydrogen-bond acceptors (Lipinski definition) is 3. The van der Waals surface area contributed by atoms with Gasteiger partial charge in [-0.05, 0) is 43.0 Å². The summed E-state index contributed by atoms with van der Waals surface area (Å²) in [4.78, 5) is 11.1. The van der Waals surface area contributed by atoms with Crippen LogP contribution in [0.4, 0.5) is 0 Å². The predicted octanol–water partition coefficient (Wildman–Crippen LogP) is 2.03. The summed E-state index contributed by atoms with van der Waals surface area (Å²) in [6.07, 6.45) is 7.13. The van der Waals surface area contributed by atoms with Crippen molar-refractivity contribution in [2.45, 2.75) is 43.4 Å². The highest BCUT2D eigenvalue weighted by molar-refractivity contribution is 7.89. The molecule has 0 saturated heterocycles. The van der Waals surface area contributed by atoms with E-state index >= 15 is 0 Å². The molecule has 1 aliphatic carbocycles. The van der Waals surface area contributed by atoms with Crippen molar-refractivity contribution in [1.82, 2.24) is 4.72 Å². The lowest BCUT2D eigenvalue weighted by molar-refractivity contribution is 0.1000. The van der Waals surface area contributed by atoms with Gasteiger partial charge in [0.05, 0.1) is 4.90 Å². The molecule has 3 N–H and O–H groups in total. The Morgan fingerprint density at radius 2 is 1.81 bits per heavy atom. The minimum Gasteiger partial charge on any atom is -0.366 e. The Labute approximate surface area is 126 Å². The van der Waals surface area contributed by atoms with Gasteiger partial charge in [0.25, 0.3) is 0 Å². The van der Waals surface area contributed by atoms with Gasteiger partial charge in [0, 0.05) is 12.1 Å². The third kappa shape index (κ3) is 4.54. The zero-order valence-electron chi connectivity index (χ0n) is 12.0. The number of benzene rings is 1. The van der Waals surface area contributed by atoms with Gasteiger partial charge in [0.2, 0.25) is 15.9 Å². The van der Waals surface area contributed by atoms with Gasteiger partial charge in [-0.2, -0.15) is 0 Å². The van der Waals surface area contributed by atoms with Crippen molar-refractivity contribution in [3.05, 3.63) is 29.8 Å². The average molecular weight is 310 g/mol. The summed E-state index contributed by atoms with van der Waals surface area (Å²) in [5, 5.41) is 0. The van der Waals surface area contributed by atoms with Crippen LogP contribution in [0.1, 0.15) is 48.9 Å². The van der Waals surface area contributed by atoms with Crippen LogP contribution in [0.3, 0.4) is 0 Å². The third-order valence-electron chi connectivity index (χ3n) is 4.01. The minimum atomic E-state index is -3.50. The average Bonchev–Trinajstić information content (AvgIpc) is 2.97. The molecule has 0 atom stereocenters. The van der Waals surface area contributed by atoms with Crippen LogP contribution < -0.4 is 10.5 Å². The fraction of sp³-hybridized carbons (Fsp3) is 0.533. The lowest BCUT2D eigenvalue weighted by Gasteiger charge is -2.10. The molecule has 1 fully saturated rings. The van der Waals surface area contributed by atoms with Gasteiger partial charge >= 0.3 is 0 Å². The van der Waals surface area contributed by atoms with Crippen LogP contribution in [-0.2, 0) is 10.0 Å². The molecular formula is C15H22N2O3S. The summed E-state index contributed by atoms with van der Waals surface area (Å²) >= 11 is 0. The van der Waals surface area contributed by atoms with Crippen LogP contribution in [0, 0.1) is 5.92 Å². The van der Waals surface area contributed by atoms with Crippen LogP contribution >= 0.6 is 0 Å². The monoisotopic (exact) mass is 310 g/mol. The van der Waals surface area contributed by atoms with E-state index in [1.54, 1.807) is 0 Å². The van der Waals surface area contributed by atoms with Gasteiger partial charge in [0.15, 0.2) is 0 Å². The van der Waals surface area contributed by atoms with Crippen LogP contribution in [0.5, 0.6) is 0 Å². The first-order valence-corrected chi connectivity index (χ1v) is 8.87. The molecule has 0 aromatic heterocycles. The quantitative estimate of drug-likeness (QED) is 0.755. The minimum absolute atomic E-state index is 0.161. The summed E-state index contributed by atoms with van der Waals surface area (Å²) in [6, 6.07) is 5.66. The van der Waals surface area contributed by atoms with E-state index in [9.17, 15) is 13.2 Å². The van der Waals surface area contributed by atoms with Crippen LogP contribution in [0.25, 0.3) is 0 Å². The molecule has 2 rings (SSSR count). The Kier molecular flexibility index (Phi) is 5.36. The summed E-state index contributed by atoms with van der Waals surface area (Å²) < 4.78 is 26.8. The normalized spacial score (nSPS) is 16.2. The molecule has 5 nitrogen and oxygen atoms in total. The van der Waals surface area contributed by atoms with E-state index in [2.05, 4.69) is 4.72 Å². The fourth-order valence-electron chi connectivity index (χ4n) is 2.78. The van der Waals surface area contributed by atoms with E-state index in [-0.39, 0.29) is 4.90 Å². The summed E-state index contributed by atoms with van der Waals surface area (Å²) in [5.41, 5.74) is 5.43. The molecule has 0 radical (unpaired) electrons. The van der Waals surface area contributed by atoms with Gasteiger partial charge in [-0.1, -0.05) is 25.7 Å². The molecule has 0 bridgehead atoms. The largest absolute Gasteiger partial charge is 0.366 e. The van der Waals surface area contributed by atoms with Gasteiger partial charge < -0.3 is 5.73 Å². The molecule has 0 unspecified atom stereocenters. The first kappa shape index (κ1) is 16.0. The fourth-order valence-corrected chi connectivity index (χ4v) is 3.85. The lowest BCUT2D eigenvalue weighted by atomic mass is 10.0. The number of primary amides is 1. The maximum atomic E-state index is 12.1. The molecular weight excluding hydrogens is 288 g/mol. The van der Waals surface area contributed by atoms with Crippen LogP contribution in [-0.4, -0.2) is 20.9 Å². The molecule has 1 aromatic rings. The molecule has 1 aliphatic rings.